The molecule has 1 heterocycles. The van der Waals surface area contributed by atoms with Crippen molar-refractivity contribution in [1.29, 1.82) is 0 Å². The van der Waals surface area contributed by atoms with Gasteiger partial charge >= 0.3 is 0 Å². The van der Waals surface area contributed by atoms with Crippen molar-refractivity contribution < 1.29 is 0 Å². The zero-order valence-corrected chi connectivity index (χ0v) is 10.7. The Hall–Kier alpha value is -1.85. The van der Waals surface area contributed by atoms with Crippen LogP contribution in [0.15, 0.2) is 18.2 Å². The van der Waals surface area contributed by atoms with E-state index in [0.717, 1.165) is 5.56 Å². The van der Waals surface area contributed by atoms with Crippen molar-refractivity contribution in [2.75, 3.05) is 11.5 Å². The molecular weight excluding hydrogens is 273 g/mol. The average Bonchev–Trinajstić information content (AvgIpc) is 2.26. The summed E-state index contributed by atoms with van der Waals surface area (Å²) < 4.78 is 0. The Bertz CT molecular complexity index is 592. The van der Waals surface area contributed by atoms with Crippen molar-refractivity contribution >= 4 is 47.3 Å². The summed E-state index contributed by atoms with van der Waals surface area (Å²) in [5.41, 5.74) is 11.7. The second-order valence-electron chi connectivity index (χ2n) is 3.41. The van der Waals surface area contributed by atoms with Gasteiger partial charge in [-0.15, -0.1) is 0 Å². The highest BCUT2D eigenvalue weighted by Gasteiger charge is 2.00. The minimum atomic E-state index is 0.0735. The number of anilines is 2. The van der Waals surface area contributed by atoms with Gasteiger partial charge in [0.15, 0.2) is 5.82 Å². The molecule has 2 rings (SSSR count). The van der Waals surface area contributed by atoms with Gasteiger partial charge in [0.05, 0.1) is 0 Å². The Morgan fingerprint density at radius 1 is 0.944 bits per heavy atom. The molecule has 0 saturated heterocycles. The number of aromatic nitrogens is 3. The van der Waals surface area contributed by atoms with E-state index in [1.165, 1.54) is 0 Å². The molecular formula is C11H9Cl2N5. The van der Waals surface area contributed by atoms with E-state index in [2.05, 4.69) is 15.0 Å². The van der Waals surface area contributed by atoms with E-state index in [9.17, 15) is 0 Å². The minimum Gasteiger partial charge on any atom is -0.368 e. The van der Waals surface area contributed by atoms with Crippen LogP contribution in [-0.4, -0.2) is 15.0 Å². The van der Waals surface area contributed by atoms with Crippen molar-refractivity contribution in [2.45, 2.75) is 0 Å². The van der Waals surface area contributed by atoms with Gasteiger partial charge in [-0.3, -0.25) is 0 Å². The predicted molar refractivity (Wildman–Crippen MR) is 74.0 cm³/mol. The van der Waals surface area contributed by atoms with Gasteiger partial charge in [0.2, 0.25) is 11.9 Å². The molecule has 0 radical (unpaired) electrons. The first-order chi connectivity index (χ1) is 8.54. The maximum Gasteiger partial charge on any atom is 0.225 e. The minimum absolute atomic E-state index is 0.0735. The first-order valence-corrected chi connectivity index (χ1v) is 5.70. The van der Waals surface area contributed by atoms with E-state index in [1.54, 1.807) is 30.4 Å². The van der Waals surface area contributed by atoms with E-state index in [0.29, 0.717) is 15.9 Å². The summed E-state index contributed by atoms with van der Waals surface area (Å²) >= 11 is 11.8. The third-order valence-corrected chi connectivity index (χ3v) is 2.62. The van der Waals surface area contributed by atoms with Gasteiger partial charge in [-0.05, 0) is 29.8 Å². The van der Waals surface area contributed by atoms with Gasteiger partial charge in [-0.25, -0.2) is 0 Å². The Balaban J connectivity index is 2.29. The summed E-state index contributed by atoms with van der Waals surface area (Å²) in [4.78, 5) is 11.5. The zero-order valence-electron chi connectivity index (χ0n) is 9.14. The molecule has 7 heteroatoms. The lowest BCUT2D eigenvalue weighted by molar-refractivity contribution is 1.06. The van der Waals surface area contributed by atoms with Gasteiger partial charge in [-0.1, -0.05) is 29.3 Å². The maximum atomic E-state index is 6.02. The summed E-state index contributed by atoms with van der Waals surface area (Å²) in [5.74, 6) is 0.514. The van der Waals surface area contributed by atoms with Crippen LogP contribution < -0.4 is 11.5 Å². The predicted octanol–water partition coefficient (Wildman–Crippen LogP) is 2.51. The molecule has 4 N–H and O–H groups in total. The van der Waals surface area contributed by atoms with E-state index < -0.39 is 0 Å². The number of nitrogens with two attached hydrogens (primary N) is 2. The second kappa shape index (κ2) is 5.20. The van der Waals surface area contributed by atoms with Crippen LogP contribution >= 0.6 is 23.2 Å². The number of hydrogen-bond donors (Lipinski definition) is 2. The van der Waals surface area contributed by atoms with Crippen molar-refractivity contribution in [1.82, 2.24) is 15.0 Å². The number of hydrogen-bond acceptors (Lipinski definition) is 5. The molecule has 0 spiro atoms. The first-order valence-electron chi connectivity index (χ1n) is 4.95. The molecule has 0 fully saturated rings. The van der Waals surface area contributed by atoms with Crippen molar-refractivity contribution in [2.24, 2.45) is 0 Å². The number of nitrogens with zero attached hydrogens (tertiary/aromatic N) is 3. The molecule has 5 nitrogen and oxygen atoms in total. The van der Waals surface area contributed by atoms with Crippen molar-refractivity contribution in [3.05, 3.63) is 39.6 Å². The van der Waals surface area contributed by atoms with Gasteiger partial charge in [0, 0.05) is 10.0 Å². The molecule has 1 aromatic heterocycles. The molecule has 18 heavy (non-hydrogen) atoms. The lowest BCUT2D eigenvalue weighted by atomic mass is 10.2. The molecule has 0 aliphatic rings. The summed E-state index contributed by atoms with van der Waals surface area (Å²) in [6.07, 6.45) is 3.39. The van der Waals surface area contributed by atoms with Crippen LogP contribution in [0.4, 0.5) is 11.9 Å². The quantitative estimate of drug-likeness (QED) is 0.883. The largest absolute Gasteiger partial charge is 0.368 e. The Morgan fingerprint density at radius 2 is 1.61 bits per heavy atom. The summed E-state index contributed by atoms with van der Waals surface area (Å²) in [5, 5.41) is 1.11. The monoisotopic (exact) mass is 281 g/mol. The van der Waals surface area contributed by atoms with Crippen LogP contribution in [0.2, 0.25) is 10.0 Å². The van der Waals surface area contributed by atoms with Crippen LogP contribution in [-0.2, 0) is 0 Å². The molecule has 0 aliphatic heterocycles. The SMILES string of the molecule is Nc1nc(N)nc(C=Cc2ccc(Cl)cc2Cl)n1. The number of nitrogen functional groups attached to an aromatic ring is 2. The summed E-state index contributed by atoms with van der Waals surface area (Å²) in [6.45, 7) is 0. The fourth-order valence-corrected chi connectivity index (χ4v) is 1.77. The molecule has 0 amide bonds. The smallest absolute Gasteiger partial charge is 0.225 e. The van der Waals surface area contributed by atoms with Gasteiger partial charge in [-0.2, -0.15) is 15.0 Å². The van der Waals surface area contributed by atoms with E-state index >= 15 is 0 Å². The molecule has 2 aromatic rings. The van der Waals surface area contributed by atoms with Gasteiger partial charge in [0.25, 0.3) is 0 Å². The lowest BCUT2D eigenvalue weighted by Crippen LogP contribution is -2.04. The van der Waals surface area contributed by atoms with Gasteiger partial charge in [0.1, 0.15) is 0 Å². The highest BCUT2D eigenvalue weighted by Crippen LogP contribution is 2.22. The molecule has 1 aromatic carbocycles. The fraction of sp³-hybridized carbons (Fsp3) is 0. The Kier molecular flexibility index (Phi) is 3.64. The second-order valence-corrected chi connectivity index (χ2v) is 4.25. The van der Waals surface area contributed by atoms with E-state index in [4.69, 9.17) is 34.7 Å². The number of benzene rings is 1. The van der Waals surface area contributed by atoms with E-state index in [-0.39, 0.29) is 11.9 Å². The maximum absolute atomic E-state index is 6.02. The number of halogens is 2. The molecule has 0 aliphatic carbocycles. The summed E-state index contributed by atoms with van der Waals surface area (Å²) in [7, 11) is 0. The molecule has 0 unspecified atom stereocenters. The van der Waals surface area contributed by atoms with Crippen LogP contribution in [0.3, 0.4) is 0 Å². The van der Waals surface area contributed by atoms with Crippen LogP contribution in [0.1, 0.15) is 11.4 Å². The molecule has 0 bridgehead atoms. The normalized spacial score (nSPS) is 11.0. The fourth-order valence-electron chi connectivity index (χ4n) is 1.30. The highest BCUT2D eigenvalue weighted by atomic mass is 35.5. The van der Waals surface area contributed by atoms with Crippen molar-refractivity contribution in [3.63, 3.8) is 0 Å². The van der Waals surface area contributed by atoms with Crippen LogP contribution in [0, 0.1) is 0 Å². The topological polar surface area (TPSA) is 90.7 Å². The molecule has 92 valence electrons. The van der Waals surface area contributed by atoms with Crippen LogP contribution in [0.5, 0.6) is 0 Å². The zero-order chi connectivity index (χ0) is 13.1. The van der Waals surface area contributed by atoms with E-state index in [1.807, 2.05) is 0 Å². The lowest BCUT2D eigenvalue weighted by Gasteiger charge is -1.99. The molecule has 0 saturated carbocycles. The third kappa shape index (κ3) is 3.09. The number of rotatable bonds is 2. The van der Waals surface area contributed by atoms with Crippen molar-refractivity contribution in [3.8, 4) is 0 Å². The van der Waals surface area contributed by atoms with Gasteiger partial charge < -0.3 is 11.5 Å². The third-order valence-electron chi connectivity index (χ3n) is 2.06. The first kappa shape index (κ1) is 12.6. The summed E-state index contributed by atoms with van der Waals surface area (Å²) in [6, 6.07) is 5.18. The Labute approximate surface area is 113 Å². The average molecular weight is 282 g/mol. The highest BCUT2D eigenvalue weighted by molar-refractivity contribution is 6.35. The Morgan fingerprint density at radius 3 is 2.22 bits per heavy atom. The molecule has 0 atom stereocenters. The standard InChI is InChI=1S/C11H9Cl2N5/c12-7-3-1-6(8(13)5-7)2-4-9-16-10(14)18-11(15)17-9/h1-5H,(H4,14,15,16,17,18). The van der Waals surface area contributed by atoms with Crippen LogP contribution in [0.25, 0.3) is 12.2 Å².